The highest BCUT2D eigenvalue weighted by atomic mass is 32.2. The topological polar surface area (TPSA) is 128 Å². The molecule has 2 atom stereocenters. The monoisotopic (exact) mass is 369 g/mol. The predicted octanol–water partition coefficient (Wildman–Crippen LogP) is -1.07. The number of benzene rings is 1. The van der Waals surface area contributed by atoms with Crippen molar-refractivity contribution in [3.05, 3.63) is 23.8 Å². The molecule has 1 aromatic carbocycles. The van der Waals surface area contributed by atoms with Crippen LogP contribution in [0.25, 0.3) is 0 Å². The lowest BCUT2D eigenvalue weighted by atomic mass is 10.1. The molecule has 0 aliphatic carbocycles. The van der Waals surface area contributed by atoms with Crippen LogP contribution in [-0.2, 0) is 19.6 Å². The third-order valence-corrected chi connectivity index (χ3v) is 5.16. The number of fused-ring (bicyclic) bond motifs is 3. The normalized spacial score (nSPS) is 23.6. The lowest BCUT2D eigenvalue weighted by molar-refractivity contribution is -0.125. The van der Waals surface area contributed by atoms with E-state index in [-0.39, 0.29) is 47.9 Å². The van der Waals surface area contributed by atoms with Crippen LogP contribution in [0.15, 0.2) is 23.1 Å². The predicted molar refractivity (Wildman–Crippen MR) is 86.5 cm³/mol. The van der Waals surface area contributed by atoms with Gasteiger partial charge in [-0.2, -0.15) is 0 Å². The zero-order chi connectivity index (χ0) is 18.2. The third kappa shape index (κ3) is 3.60. The van der Waals surface area contributed by atoms with Crippen molar-refractivity contribution in [2.75, 3.05) is 33.4 Å². The van der Waals surface area contributed by atoms with Gasteiger partial charge in [-0.1, -0.05) is 0 Å². The zero-order valence-electron chi connectivity index (χ0n) is 13.6. The summed E-state index contributed by atoms with van der Waals surface area (Å²) in [6.07, 6.45) is 0. The molecule has 2 amide bonds. The maximum absolute atomic E-state index is 13.0. The summed E-state index contributed by atoms with van der Waals surface area (Å²) >= 11 is 0. The van der Waals surface area contributed by atoms with Gasteiger partial charge in [0.05, 0.1) is 42.7 Å². The fourth-order valence-corrected chi connectivity index (χ4v) is 3.54. The first-order valence-electron chi connectivity index (χ1n) is 7.68. The maximum Gasteiger partial charge on any atom is 0.257 e. The standard InChI is InChI=1S/C15H19N3O6S/c1-23-13-3-2-11(25(16,21)22)4-12(13)15(20)18-5-9-7-24-8-10(6-18)17-14(9)19/h2-4,9-10H,5-8H2,1H3,(H,17,19)(H2,16,21,22)/t9-,10+/m1/s1. The minimum Gasteiger partial charge on any atom is -0.496 e. The molecule has 2 heterocycles. The van der Waals surface area contributed by atoms with Crippen LogP contribution in [0.3, 0.4) is 0 Å². The van der Waals surface area contributed by atoms with E-state index in [1.165, 1.54) is 30.2 Å². The largest absolute Gasteiger partial charge is 0.496 e. The number of amides is 2. The van der Waals surface area contributed by atoms with Crippen LogP contribution in [-0.4, -0.2) is 64.6 Å². The van der Waals surface area contributed by atoms with Gasteiger partial charge in [0.15, 0.2) is 0 Å². The number of nitrogens with zero attached hydrogens (tertiary/aromatic N) is 1. The number of hydrogen-bond acceptors (Lipinski definition) is 6. The number of methoxy groups -OCH3 is 1. The number of carbonyl (C=O) groups excluding carboxylic acids is 2. The van der Waals surface area contributed by atoms with Gasteiger partial charge in [0, 0.05) is 13.1 Å². The van der Waals surface area contributed by atoms with Crippen molar-refractivity contribution in [2.45, 2.75) is 10.9 Å². The van der Waals surface area contributed by atoms with E-state index in [1.807, 2.05) is 0 Å². The first-order valence-corrected chi connectivity index (χ1v) is 9.22. The van der Waals surface area contributed by atoms with Crippen molar-refractivity contribution >= 4 is 21.8 Å². The Morgan fingerprint density at radius 3 is 2.80 bits per heavy atom. The second-order valence-corrected chi connectivity index (χ2v) is 7.62. The molecule has 136 valence electrons. The molecular formula is C15H19N3O6S. The summed E-state index contributed by atoms with van der Waals surface area (Å²) in [4.78, 5) is 26.4. The zero-order valence-corrected chi connectivity index (χ0v) is 14.4. The fraction of sp³-hybridized carbons (Fsp3) is 0.467. The molecule has 3 N–H and O–H groups in total. The molecule has 25 heavy (non-hydrogen) atoms. The highest BCUT2D eigenvalue weighted by Crippen LogP contribution is 2.25. The molecule has 9 nitrogen and oxygen atoms in total. The van der Waals surface area contributed by atoms with Crippen LogP contribution < -0.4 is 15.2 Å². The number of rotatable bonds is 3. The number of hydrogen-bond donors (Lipinski definition) is 2. The molecule has 2 bridgehead atoms. The number of nitrogens with one attached hydrogen (secondary N) is 1. The molecule has 0 radical (unpaired) electrons. The van der Waals surface area contributed by atoms with Crippen LogP contribution in [0.4, 0.5) is 0 Å². The Kier molecular flexibility index (Phi) is 4.67. The first kappa shape index (κ1) is 17.6. The van der Waals surface area contributed by atoms with Gasteiger partial charge in [0.1, 0.15) is 5.75 Å². The van der Waals surface area contributed by atoms with E-state index in [2.05, 4.69) is 5.32 Å². The Morgan fingerprint density at radius 1 is 1.36 bits per heavy atom. The molecule has 0 saturated carbocycles. The molecule has 1 aromatic rings. The molecule has 0 unspecified atom stereocenters. The van der Waals surface area contributed by atoms with Gasteiger partial charge in [0.25, 0.3) is 5.91 Å². The maximum atomic E-state index is 13.0. The molecule has 3 rings (SSSR count). The number of ether oxygens (including phenoxy) is 2. The van der Waals surface area contributed by atoms with Crippen molar-refractivity contribution in [1.29, 1.82) is 0 Å². The Balaban J connectivity index is 1.96. The van der Waals surface area contributed by atoms with E-state index >= 15 is 0 Å². The first-order chi connectivity index (χ1) is 11.8. The van der Waals surface area contributed by atoms with Gasteiger partial charge in [-0.3, -0.25) is 9.59 Å². The summed E-state index contributed by atoms with van der Waals surface area (Å²) in [5, 5.41) is 7.99. The van der Waals surface area contributed by atoms with E-state index in [1.54, 1.807) is 0 Å². The lowest BCUT2D eigenvalue weighted by Gasteiger charge is -2.28. The molecule has 2 saturated heterocycles. The van der Waals surface area contributed by atoms with Gasteiger partial charge in [-0.25, -0.2) is 13.6 Å². The Morgan fingerprint density at radius 2 is 2.12 bits per heavy atom. The van der Waals surface area contributed by atoms with E-state index in [0.717, 1.165) is 0 Å². The highest BCUT2D eigenvalue weighted by Gasteiger charge is 2.36. The molecule has 2 fully saturated rings. The number of sulfonamides is 1. The quantitative estimate of drug-likeness (QED) is 0.698. The average molecular weight is 369 g/mol. The fourth-order valence-electron chi connectivity index (χ4n) is 3.00. The van der Waals surface area contributed by atoms with Crippen LogP contribution in [0.5, 0.6) is 5.75 Å². The van der Waals surface area contributed by atoms with Gasteiger partial charge >= 0.3 is 0 Å². The van der Waals surface area contributed by atoms with Crippen LogP contribution in [0.1, 0.15) is 10.4 Å². The van der Waals surface area contributed by atoms with Gasteiger partial charge in [-0.15, -0.1) is 0 Å². The number of nitrogens with two attached hydrogens (primary N) is 1. The van der Waals surface area contributed by atoms with Crippen LogP contribution in [0, 0.1) is 5.92 Å². The molecule has 0 aromatic heterocycles. The molecule has 0 spiro atoms. The van der Waals surface area contributed by atoms with E-state index in [4.69, 9.17) is 14.6 Å². The summed E-state index contributed by atoms with van der Waals surface area (Å²) in [5.74, 6) is -0.801. The van der Waals surface area contributed by atoms with Crippen LogP contribution >= 0.6 is 0 Å². The minimum absolute atomic E-state index is 0.0855. The van der Waals surface area contributed by atoms with Crippen molar-refractivity contribution in [1.82, 2.24) is 10.2 Å². The SMILES string of the molecule is COc1ccc(S(N)(=O)=O)cc1C(=O)N1C[C@H]2COC[C@@H](C1)C(=O)N2. The summed E-state index contributed by atoms with van der Waals surface area (Å²) in [5.41, 5.74) is 0.0855. The smallest absolute Gasteiger partial charge is 0.257 e. The molecule has 10 heteroatoms. The van der Waals surface area contributed by atoms with Crippen molar-refractivity contribution in [2.24, 2.45) is 11.1 Å². The minimum atomic E-state index is -3.96. The van der Waals surface area contributed by atoms with E-state index in [9.17, 15) is 18.0 Å². The van der Waals surface area contributed by atoms with Crippen LogP contribution in [0.2, 0.25) is 0 Å². The Bertz CT molecular complexity index is 809. The summed E-state index contributed by atoms with van der Waals surface area (Å²) in [7, 11) is -2.57. The summed E-state index contributed by atoms with van der Waals surface area (Å²) in [6, 6.07) is 3.55. The molecule has 2 aliphatic rings. The summed E-state index contributed by atoms with van der Waals surface area (Å²) < 4.78 is 33.8. The Labute approximate surface area is 145 Å². The van der Waals surface area contributed by atoms with E-state index in [0.29, 0.717) is 6.61 Å². The summed E-state index contributed by atoms with van der Waals surface area (Å²) in [6.45, 7) is 1.01. The van der Waals surface area contributed by atoms with Crippen molar-refractivity contribution in [3.8, 4) is 5.75 Å². The third-order valence-electron chi connectivity index (χ3n) is 4.25. The van der Waals surface area contributed by atoms with Crippen molar-refractivity contribution < 1.29 is 27.5 Å². The average Bonchev–Trinajstić information content (AvgIpc) is 2.81. The molecular weight excluding hydrogens is 350 g/mol. The van der Waals surface area contributed by atoms with Gasteiger partial charge < -0.3 is 19.7 Å². The highest BCUT2D eigenvalue weighted by molar-refractivity contribution is 7.89. The second-order valence-electron chi connectivity index (χ2n) is 6.06. The van der Waals surface area contributed by atoms with Gasteiger partial charge in [-0.05, 0) is 18.2 Å². The van der Waals surface area contributed by atoms with Crippen molar-refractivity contribution in [3.63, 3.8) is 0 Å². The number of carbonyl (C=O) groups is 2. The van der Waals surface area contributed by atoms with Gasteiger partial charge in [0.2, 0.25) is 15.9 Å². The lowest BCUT2D eigenvalue weighted by Crippen LogP contribution is -2.44. The number of primary sulfonamides is 1. The Hall–Kier alpha value is -2.17. The van der Waals surface area contributed by atoms with E-state index < -0.39 is 21.8 Å². The molecule has 2 aliphatic heterocycles. The second kappa shape index (κ2) is 6.62.